The number of aromatic nitrogens is 1. The maximum Gasteiger partial charge on any atom is 0.437 e. The lowest BCUT2D eigenvalue weighted by molar-refractivity contribution is -0.145. The summed E-state index contributed by atoms with van der Waals surface area (Å²) in [5, 5.41) is 6.01. The number of amides is 4. The molecule has 2 spiro atoms. The Morgan fingerprint density at radius 1 is 1.02 bits per heavy atom. The second kappa shape index (κ2) is 14.2. The lowest BCUT2D eigenvalue weighted by atomic mass is 9.81. The molecule has 2 saturated carbocycles. The molecule has 1 aromatic carbocycles. The number of nitrogens with one attached hydrogen (secondary N) is 2. The van der Waals surface area contributed by atoms with E-state index in [1.54, 1.807) is 26.8 Å². The number of rotatable bonds is 4. The molecule has 19 heteroatoms. The quantitative estimate of drug-likeness (QED) is 0.310. The summed E-state index contributed by atoms with van der Waals surface area (Å²) in [6, 6.07) is 1.43. The number of alkyl carbamates (subject to hydrolysis) is 1. The first kappa shape index (κ1) is 41.7. The van der Waals surface area contributed by atoms with Crippen LogP contribution in [0.2, 0.25) is 0 Å². The van der Waals surface area contributed by atoms with E-state index in [1.165, 1.54) is 24.1 Å². The number of allylic oxidation sites excluding steroid dienone is 1. The standard InChI is InChI=1S/C42H51F3N6O9S/c1-38(2,3)60-37(55)47-28-12-9-7-5-6-8-11-24-20-41(24,36(54)51-40(15-16-40)61(51,56)57)48-34(52)30-22-39(23-50(30)35(28)53)21-29(49-17-10-18-49)31-26-19-25(58-4)13-14-27(26)46-33(32(31)59-39)42(43,44)45/h8,11,13-14,19,24,28-30H,5-7,9-10,12,15-18,20-23H2,1-4H3,(H,47,55)(H,48,52)/b11-8-/t24-,28+,29-,30+,39-,41-,51?/m1/s1. The molecule has 3 saturated heterocycles. The topological polar surface area (TPSA) is 177 Å². The monoisotopic (exact) mass is 872 g/mol. The number of sulfonamides is 1. The van der Waals surface area contributed by atoms with Gasteiger partial charge in [0.15, 0.2) is 16.3 Å². The van der Waals surface area contributed by atoms with Crippen LogP contribution in [0.25, 0.3) is 10.9 Å². The molecule has 0 bridgehead atoms. The van der Waals surface area contributed by atoms with Crippen molar-refractivity contribution in [3.8, 4) is 11.5 Å². The summed E-state index contributed by atoms with van der Waals surface area (Å²) in [5.74, 6) is -2.79. The molecule has 0 unspecified atom stereocenters. The molecule has 330 valence electrons. The third-order valence-electron chi connectivity index (χ3n) is 13.4. The highest BCUT2D eigenvalue weighted by Crippen LogP contribution is 2.65. The Labute approximate surface area is 351 Å². The van der Waals surface area contributed by atoms with Gasteiger partial charge >= 0.3 is 12.3 Å². The number of alkyl halides is 3. The second-order valence-electron chi connectivity index (χ2n) is 18.7. The van der Waals surface area contributed by atoms with Crippen LogP contribution in [-0.4, -0.2) is 112 Å². The Morgan fingerprint density at radius 2 is 1.75 bits per heavy atom. The van der Waals surface area contributed by atoms with Gasteiger partial charge in [0.25, 0.3) is 15.9 Å². The minimum absolute atomic E-state index is 0.0926. The third-order valence-corrected chi connectivity index (χ3v) is 15.7. The molecule has 1 aromatic heterocycles. The minimum Gasteiger partial charge on any atom is -0.497 e. The number of carbonyl (C=O) groups excluding carboxylic acids is 4. The average Bonchev–Trinajstić information content (AvgIpc) is 4.10. The summed E-state index contributed by atoms with van der Waals surface area (Å²) in [6.07, 6.45) is 1.99. The molecule has 2 aromatic rings. The summed E-state index contributed by atoms with van der Waals surface area (Å²) >= 11 is 0. The second-order valence-corrected chi connectivity index (χ2v) is 20.8. The first-order chi connectivity index (χ1) is 28.7. The molecular weight excluding hydrogens is 822 g/mol. The van der Waals surface area contributed by atoms with Crippen LogP contribution in [0.1, 0.15) is 109 Å². The van der Waals surface area contributed by atoms with Crippen LogP contribution >= 0.6 is 0 Å². The number of carbonyl (C=O) groups is 4. The molecule has 4 amide bonds. The minimum atomic E-state index is -4.95. The van der Waals surface area contributed by atoms with E-state index >= 15 is 13.2 Å². The van der Waals surface area contributed by atoms with Gasteiger partial charge in [0.05, 0.1) is 19.2 Å². The van der Waals surface area contributed by atoms with Crippen molar-refractivity contribution in [2.24, 2.45) is 5.92 Å². The van der Waals surface area contributed by atoms with Gasteiger partial charge in [-0.1, -0.05) is 25.0 Å². The molecule has 5 aliphatic heterocycles. The van der Waals surface area contributed by atoms with Gasteiger partial charge in [0, 0.05) is 35.8 Å². The summed E-state index contributed by atoms with van der Waals surface area (Å²) in [5.41, 5.74) is -4.93. The average molecular weight is 873 g/mol. The fourth-order valence-corrected chi connectivity index (χ4v) is 12.0. The Hall–Kier alpha value is -4.65. The van der Waals surface area contributed by atoms with Crippen molar-refractivity contribution < 1.29 is 55.0 Å². The van der Waals surface area contributed by atoms with Gasteiger partial charge in [-0.3, -0.25) is 19.3 Å². The van der Waals surface area contributed by atoms with Crippen LogP contribution < -0.4 is 20.1 Å². The van der Waals surface area contributed by atoms with Gasteiger partial charge in [0.1, 0.15) is 34.6 Å². The Kier molecular flexibility index (Phi) is 9.70. The van der Waals surface area contributed by atoms with Crippen molar-refractivity contribution in [3.63, 3.8) is 0 Å². The van der Waals surface area contributed by atoms with Crippen LogP contribution in [-0.2, 0) is 35.3 Å². The highest BCUT2D eigenvalue weighted by Gasteiger charge is 2.83. The number of hydrogen-bond acceptors (Lipinski definition) is 11. The maximum atomic E-state index is 15.1. The van der Waals surface area contributed by atoms with Gasteiger partial charge in [-0.2, -0.15) is 13.2 Å². The van der Waals surface area contributed by atoms with E-state index in [-0.39, 0.29) is 43.3 Å². The Morgan fingerprint density at radius 3 is 2.39 bits per heavy atom. The first-order valence-electron chi connectivity index (χ1n) is 21.1. The normalized spacial score (nSPS) is 32.2. The van der Waals surface area contributed by atoms with E-state index in [9.17, 15) is 27.6 Å². The molecule has 15 nitrogen and oxygen atoms in total. The number of benzene rings is 1. The predicted octanol–water partition coefficient (Wildman–Crippen LogP) is 5.08. The number of halogens is 3. The van der Waals surface area contributed by atoms with E-state index in [2.05, 4.69) is 20.5 Å². The zero-order valence-corrected chi connectivity index (χ0v) is 35.4. The van der Waals surface area contributed by atoms with Crippen LogP contribution in [0.3, 0.4) is 0 Å². The number of pyridine rings is 1. The number of hydrogen-bond donors (Lipinski definition) is 2. The number of likely N-dealkylation sites (tertiary alicyclic amines) is 1. The van der Waals surface area contributed by atoms with E-state index in [4.69, 9.17) is 14.2 Å². The van der Waals surface area contributed by atoms with Crippen molar-refractivity contribution in [2.75, 3.05) is 26.7 Å². The number of methoxy groups -OCH3 is 1. The molecule has 61 heavy (non-hydrogen) atoms. The molecule has 2 aliphatic carbocycles. The third kappa shape index (κ3) is 7.06. The lowest BCUT2D eigenvalue weighted by Gasteiger charge is -2.47. The number of nitrogens with zero attached hydrogens (tertiary/aromatic N) is 4. The molecule has 7 aliphatic rings. The maximum absolute atomic E-state index is 15.1. The SMILES string of the molecule is COc1ccc2nc(C(F)(F)F)c3c(c2c1)[C@H](N1CCC1)C[C@]1(C[C@H]2C(=O)N[C@]4(C(=O)N5C6(CC6)S5(=O)=O)C[C@H]4/C=C\CCCCC[C@H](NC(=O)OC(C)(C)C)C(=O)N2C1)O3. The van der Waals surface area contributed by atoms with E-state index in [0.717, 1.165) is 10.7 Å². The highest BCUT2D eigenvalue weighted by molar-refractivity contribution is 7.98. The van der Waals surface area contributed by atoms with Gasteiger partial charge in [-0.05, 0) is 97.0 Å². The predicted molar refractivity (Wildman–Crippen MR) is 212 cm³/mol. The van der Waals surface area contributed by atoms with Crippen molar-refractivity contribution in [3.05, 3.63) is 41.6 Å². The molecule has 6 atom stereocenters. The van der Waals surface area contributed by atoms with E-state index in [0.29, 0.717) is 62.8 Å². The summed E-state index contributed by atoms with van der Waals surface area (Å²) in [7, 11) is -2.41. The molecule has 2 N–H and O–H groups in total. The highest BCUT2D eigenvalue weighted by atomic mass is 32.2. The zero-order valence-electron chi connectivity index (χ0n) is 34.6. The van der Waals surface area contributed by atoms with Gasteiger partial charge < -0.3 is 29.7 Å². The lowest BCUT2D eigenvalue weighted by Crippen LogP contribution is -2.57. The fraction of sp³-hybridized carbons (Fsp3) is 0.643. The Bertz CT molecular complexity index is 2340. The largest absolute Gasteiger partial charge is 0.497 e. The molecule has 6 heterocycles. The van der Waals surface area contributed by atoms with Crippen molar-refractivity contribution in [2.45, 2.75) is 137 Å². The summed E-state index contributed by atoms with van der Waals surface area (Å²) < 4.78 is 90.0. The van der Waals surface area contributed by atoms with Crippen LogP contribution in [0.15, 0.2) is 30.4 Å². The molecule has 9 rings (SSSR count). The van der Waals surface area contributed by atoms with Crippen LogP contribution in [0, 0.1) is 5.92 Å². The van der Waals surface area contributed by atoms with Gasteiger partial charge in [0.2, 0.25) is 11.8 Å². The first-order valence-corrected chi connectivity index (χ1v) is 22.6. The van der Waals surface area contributed by atoms with E-state index < -0.39 is 97.1 Å². The molecular formula is C42H51F3N6O9S. The zero-order chi connectivity index (χ0) is 43.5. The summed E-state index contributed by atoms with van der Waals surface area (Å²) in [4.78, 5) is 63.5. The number of fused-ring (bicyclic) bond motifs is 5. The molecule has 5 fully saturated rings. The molecule has 0 radical (unpaired) electrons. The Balaban J connectivity index is 1.14. The smallest absolute Gasteiger partial charge is 0.437 e. The van der Waals surface area contributed by atoms with Crippen molar-refractivity contribution >= 4 is 44.7 Å². The van der Waals surface area contributed by atoms with Crippen LogP contribution in [0.4, 0.5) is 18.0 Å². The van der Waals surface area contributed by atoms with E-state index in [1.807, 2.05) is 12.2 Å². The van der Waals surface area contributed by atoms with Gasteiger partial charge in [-0.25, -0.2) is 22.5 Å². The van der Waals surface area contributed by atoms with Crippen molar-refractivity contribution in [1.29, 1.82) is 0 Å². The van der Waals surface area contributed by atoms with Crippen molar-refractivity contribution in [1.82, 2.24) is 29.7 Å². The fourth-order valence-electron chi connectivity index (χ4n) is 9.90. The number of ether oxygens (including phenoxy) is 3. The summed E-state index contributed by atoms with van der Waals surface area (Å²) in [6.45, 7) is 5.87. The van der Waals surface area contributed by atoms with Crippen LogP contribution in [0.5, 0.6) is 11.5 Å². The van der Waals surface area contributed by atoms with Gasteiger partial charge in [-0.15, -0.1) is 0 Å².